The van der Waals surface area contributed by atoms with E-state index in [1.165, 1.54) is 0 Å². The highest BCUT2D eigenvalue weighted by atomic mass is 35.5. The normalized spacial score (nSPS) is 13.9. The Kier molecular flexibility index (Phi) is 7.24. The van der Waals surface area contributed by atoms with E-state index in [0.717, 1.165) is 23.8 Å². The molecule has 146 valence electrons. The van der Waals surface area contributed by atoms with Gasteiger partial charge in [0.25, 0.3) is 5.91 Å². The van der Waals surface area contributed by atoms with Gasteiger partial charge >= 0.3 is 6.18 Å². The highest BCUT2D eigenvalue weighted by molar-refractivity contribution is 6.33. The third kappa shape index (κ3) is 5.95. The molecule has 0 radical (unpaired) electrons. The summed E-state index contributed by atoms with van der Waals surface area (Å²) in [5.74, 6) is -0.467. The summed E-state index contributed by atoms with van der Waals surface area (Å²) in [6, 6.07) is 11.1. The zero-order chi connectivity index (χ0) is 20.0. The second-order valence-corrected chi connectivity index (χ2v) is 6.60. The Morgan fingerprint density at radius 3 is 2.48 bits per heavy atom. The van der Waals surface area contributed by atoms with Crippen LogP contribution in [0.25, 0.3) is 0 Å². The Morgan fingerprint density at radius 2 is 1.89 bits per heavy atom. The minimum Gasteiger partial charge on any atom is -0.379 e. The summed E-state index contributed by atoms with van der Waals surface area (Å²) in [5, 5.41) is 4.36. The lowest BCUT2D eigenvalue weighted by Crippen LogP contribution is -2.92. The third-order valence-corrected chi connectivity index (χ3v) is 4.27. The molecule has 0 bridgehead atoms. The summed E-state index contributed by atoms with van der Waals surface area (Å²) in [5.41, 5.74) is -0.235. The number of carbonyl (C=O) groups excluding carboxylic acids is 1. The van der Waals surface area contributed by atoms with Crippen molar-refractivity contribution >= 4 is 23.2 Å². The average molecular weight is 402 g/mol. The van der Waals surface area contributed by atoms with E-state index in [2.05, 4.69) is 5.32 Å². The maximum absolute atomic E-state index is 12.9. The molecule has 0 aliphatic carbocycles. The van der Waals surface area contributed by atoms with Crippen LogP contribution in [0.4, 0.5) is 18.9 Å². The first-order valence-corrected chi connectivity index (χ1v) is 8.66. The van der Waals surface area contributed by atoms with E-state index in [1.807, 2.05) is 13.0 Å². The Balaban J connectivity index is 2.28. The highest BCUT2D eigenvalue weighted by Crippen LogP contribution is 2.34. The zero-order valence-corrected chi connectivity index (χ0v) is 15.6. The molecule has 2 aromatic rings. The van der Waals surface area contributed by atoms with Crippen LogP contribution in [0.5, 0.6) is 0 Å². The monoisotopic (exact) mass is 401 g/mol. The van der Waals surface area contributed by atoms with Crippen molar-refractivity contribution in [2.75, 3.05) is 19.0 Å². The van der Waals surface area contributed by atoms with Crippen molar-refractivity contribution in [2.24, 2.45) is 0 Å². The van der Waals surface area contributed by atoms with E-state index in [4.69, 9.17) is 16.3 Å². The number of amides is 1. The lowest BCUT2D eigenvalue weighted by Gasteiger charge is -2.20. The molecular formula is C19H21ClF3N2O2+. The number of hydrogen-bond acceptors (Lipinski definition) is 2. The number of hydrogen-bond donors (Lipinski definition) is 2. The van der Waals surface area contributed by atoms with E-state index in [-0.39, 0.29) is 16.8 Å². The van der Waals surface area contributed by atoms with Gasteiger partial charge in [-0.2, -0.15) is 13.2 Å². The van der Waals surface area contributed by atoms with Crippen molar-refractivity contribution < 1.29 is 28.0 Å². The molecule has 0 saturated heterocycles. The molecule has 0 unspecified atom stereocenters. The second kappa shape index (κ2) is 9.21. The summed E-state index contributed by atoms with van der Waals surface area (Å²) in [6.07, 6.45) is -4.53. The van der Waals surface area contributed by atoms with Gasteiger partial charge in [0.1, 0.15) is 6.04 Å². The summed E-state index contributed by atoms with van der Waals surface area (Å²) in [4.78, 5) is 12.8. The van der Waals surface area contributed by atoms with Gasteiger partial charge < -0.3 is 15.4 Å². The summed E-state index contributed by atoms with van der Waals surface area (Å²) in [7, 11) is 1.56. The van der Waals surface area contributed by atoms with Crippen LogP contribution in [0.1, 0.15) is 24.1 Å². The van der Waals surface area contributed by atoms with Crippen molar-refractivity contribution in [3.8, 4) is 0 Å². The average Bonchev–Trinajstić information content (AvgIpc) is 2.61. The van der Waals surface area contributed by atoms with Crippen LogP contribution in [0.3, 0.4) is 0 Å². The molecule has 0 saturated carbocycles. The van der Waals surface area contributed by atoms with Crippen LogP contribution in [0, 0.1) is 0 Å². The van der Waals surface area contributed by atoms with E-state index >= 15 is 0 Å². The molecule has 0 fully saturated rings. The molecular weight excluding hydrogens is 381 g/mol. The van der Waals surface area contributed by atoms with Gasteiger partial charge in [-0.1, -0.05) is 41.9 Å². The Hall–Kier alpha value is -2.09. The Bertz CT molecular complexity index is 769. The topological polar surface area (TPSA) is 54.9 Å². The second-order valence-electron chi connectivity index (χ2n) is 6.20. The Labute approximate surface area is 160 Å². The molecule has 2 aromatic carbocycles. The fourth-order valence-corrected chi connectivity index (χ4v) is 2.83. The summed E-state index contributed by atoms with van der Waals surface area (Å²) < 4.78 is 43.9. The van der Waals surface area contributed by atoms with E-state index in [0.29, 0.717) is 6.61 Å². The molecule has 4 nitrogen and oxygen atoms in total. The van der Waals surface area contributed by atoms with Crippen LogP contribution in [0.2, 0.25) is 5.02 Å². The molecule has 1 amide bonds. The van der Waals surface area contributed by atoms with Gasteiger partial charge in [0.05, 0.1) is 22.9 Å². The number of nitrogens with one attached hydrogen (secondary N) is 1. The van der Waals surface area contributed by atoms with Gasteiger partial charge in [-0.25, -0.2) is 0 Å². The van der Waals surface area contributed by atoms with Crippen LogP contribution in [0.15, 0.2) is 48.5 Å². The number of rotatable bonds is 7. The molecule has 0 aliphatic rings. The number of benzene rings is 2. The largest absolute Gasteiger partial charge is 0.416 e. The zero-order valence-electron chi connectivity index (χ0n) is 14.9. The Morgan fingerprint density at radius 1 is 1.22 bits per heavy atom. The fourth-order valence-electron chi connectivity index (χ4n) is 2.67. The van der Waals surface area contributed by atoms with Crippen molar-refractivity contribution in [3.05, 3.63) is 64.7 Å². The number of anilines is 1. The molecule has 27 heavy (non-hydrogen) atoms. The molecule has 2 rings (SSSR count). The first-order valence-electron chi connectivity index (χ1n) is 8.29. The standard InChI is InChI=1S/C19H20ClF3N2O2/c1-12(11-27-2)24-17(13-6-4-3-5-7-13)18(26)25-16-10-14(19(21,22)23)8-9-15(16)20/h3-10,12,17,24H,11H2,1-2H3,(H,25,26)/p+1/t12-,17-/m0/s1. The van der Waals surface area contributed by atoms with Gasteiger partial charge in [-0.3, -0.25) is 4.79 Å². The van der Waals surface area contributed by atoms with E-state index in [1.54, 1.807) is 36.7 Å². The van der Waals surface area contributed by atoms with Crippen LogP contribution < -0.4 is 10.6 Å². The number of alkyl halides is 3. The molecule has 0 heterocycles. The van der Waals surface area contributed by atoms with Gasteiger partial charge in [0.2, 0.25) is 0 Å². The minimum absolute atomic E-state index is 0.0353. The fraction of sp³-hybridized carbons (Fsp3) is 0.316. The third-order valence-electron chi connectivity index (χ3n) is 3.94. The number of ether oxygens (including phenoxy) is 1. The number of carbonyl (C=O) groups is 1. The number of methoxy groups -OCH3 is 1. The molecule has 0 aliphatic heterocycles. The predicted molar refractivity (Wildman–Crippen MR) is 97.5 cm³/mol. The highest BCUT2D eigenvalue weighted by Gasteiger charge is 2.32. The number of nitrogens with two attached hydrogens (primary N) is 1. The first kappa shape index (κ1) is 21.2. The lowest BCUT2D eigenvalue weighted by molar-refractivity contribution is -0.713. The minimum atomic E-state index is -4.53. The predicted octanol–water partition coefficient (Wildman–Crippen LogP) is 3.64. The molecule has 3 N–H and O–H groups in total. The summed E-state index contributed by atoms with van der Waals surface area (Å²) in [6.45, 7) is 2.31. The van der Waals surface area contributed by atoms with Crippen LogP contribution in [-0.4, -0.2) is 25.7 Å². The maximum atomic E-state index is 12.9. The van der Waals surface area contributed by atoms with Gasteiger partial charge in [0, 0.05) is 12.7 Å². The number of halogens is 4. The van der Waals surface area contributed by atoms with Crippen molar-refractivity contribution in [3.63, 3.8) is 0 Å². The number of quaternary nitrogens is 1. The van der Waals surface area contributed by atoms with Gasteiger partial charge in [-0.15, -0.1) is 0 Å². The van der Waals surface area contributed by atoms with Gasteiger partial charge in [0.15, 0.2) is 6.04 Å². The quantitative estimate of drug-likeness (QED) is 0.744. The maximum Gasteiger partial charge on any atom is 0.416 e. The summed E-state index contributed by atoms with van der Waals surface area (Å²) >= 11 is 5.98. The van der Waals surface area contributed by atoms with Crippen LogP contribution in [-0.2, 0) is 15.7 Å². The van der Waals surface area contributed by atoms with Crippen molar-refractivity contribution in [2.45, 2.75) is 25.2 Å². The van der Waals surface area contributed by atoms with Crippen molar-refractivity contribution in [1.29, 1.82) is 0 Å². The van der Waals surface area contributed by atoms with Crippen LogP contribution >= 0.6 is 11.6 Å². The van der Waals surface area contributed by atoms with E-state index in [9.17, 15) is 18.0 Å². The van der Waals surface area contributed by atoms with Crippen molar-refractivity contribution in [1.82, 2.24) is 0 Å². The first-order chi connectivity index (χ1) is 12.7. The SMILES string of the molecule is COC[C@H](C)[NH2+][C@H](C(=O)Nc1cc(C(F)(F)F)ccc1Cl)c1ccccc1. The molecule has 2 atom stereocenters. The van der Waals surface area contributed by atoms with Gasteiger partial charge in [-0.05, 0) is 25.1 Å². The molecule has 0 aromatic heterocycles. The smallest absolute Gasteiger partial charge is 0.379 e. The van der Waals surface area contributed by atoms with E-state index < -0.39 is 23.7 Å². The molecule has 8 heteroatoms. The molecule has 0 spiro atoms. The lowest BCUT2D eigenvalue weighted by atomic mass is 10.0.